The van der Waals surface area contributed by atoms with Crippen LogP contribution < -0.4 is 5.32 Å². The number of nitrogens with one attached hydrogen (secondary N) is 2. The number of hydrogen-bond donors (Lipinski definition) is 3. The fraction of sp³-hybridized carbons (Fsp3) is 0. The number of phenols is 1. The van der Waals surface area contributed by atoms with Gasteiger partial charge in [0.05, 0.1) is 6.20 Å². The molecule has 21 heavy (non-hydrogen) atoms. The van der Waals surface area contributed by atoms with Crippen LogP contribution in [-0.4, -0.2) is 21.2 Å². The standard InChI is InChI=1S/C16H13N3O2/c20-15-3-1-2-14(8-15)19-16(21)12-6-4-11(5-7-12)13-9-17-18-10-13/h1-10,20H,(H,17,18)(H,19,21). The molecule has 3 rings (SSSR count). The molecule has 0 saturated carbocycles. The van der Waals surface area contributed by atoms with Gasteiger partial charge in [-0.25, -0.2) is 0 Å². The second-order valence-corrected chi connectivity index (χ2v) is 4.57. The van der Waals surface area contributed by atoms with Crippen molar-refractivity contribution in [3.8, 4) is 16.9 Å². The van der Waals surface area contributed by atoms with Crippen LogP contribution in [0.25, 0.3) is 11.1 Å². The van der Waals surface area contributed by atoms with Crippen molar-refractivity contribution in [1.82, 2.24) is 10.2 Å². The number of aromatic amines is 1. The molecule has 0 aliphatic carbocycles. The number of anilines is 1. The molecule has 0 unspecified atom stereocenters. The highest BCUT2D eigenvalue weighted by atomic mass is 16.3. The third-order valence-electron chi connectivity index (χ3n) is 3.08. The van der Waals surface area contributed by atoms with E-state index in [4.69, 9.17) is 0 Å². The van der Waals surface area contributed by atoms with Gasteiger partial charge in [-0.2, -0.15) is 5.10 Å². The summed E-state index contributed by atoms with van der Waals surface area (Å²) in [6, 6.07) is 13.7. The van der Waals surface area contributed by atoms with E-state index >= 15 is 0 Å². The van der Waals surface area contributed by atoms with Crippen LogP contribution in [-0.2, 0) is 0 Å². The summed E-state index contributed by atoms with van der Waals surface area (Å²) in [5.41, 5.74) is 3.05. The first-order valence-corrected chi connectivity index (χ1v) is 6.42. The minimum atomic E-state index is -0.223. The molecule has 0 radical (unpaired) electrons. The van der Waals surface area contributed by atoms with Gasteiger partial charge >= 0.3 is 0 Å². The monoisotopic (exact) mass is 279 g/mol. The van der Waals surface area contributed by atoms with Crippen molar-refractivity contribution in [2.75, 3.05) is 5.32 Å². The highest BCUT2D eigenvalue weighted by molar-refractivity contribution is 6.04. The number of carbonyl (C=O) groups excluding carboxylic acids is 1. The van der Waals surface area contributed by atoms with E-state index in [-0.39, 0.29) is 11.7 Å². The molecular weight excluding hydrogens is 266 g/mol. The van der Waals surface area contributed by atoms with Crippen LogP contribution in [0.4, 0.5) is 5.69 Å². The zero-order valence-electron chi connectivity index (χ0n) is 11.1. The first kappa shape index (κ1) is 12.9. The SMILES string of the molecule is O=C(Nc1cccc(O)c1)c1ccc(-c2cn[nH]c2)cc1. The lowest BCUT2D eigenvalue weighted by Gasteiger charge is -2.06. The zero-order chi connectivity index (χ0) is 14.7. The van der Waals surface area contributed by atoms with Gasteiger partial charge in [-0.3, -0.25) is 9.89 Å². The number of nitrogens with zero attached hydrogens (tertiary/aromatic N) is 1. The molecule has 5 nitrogen and oxygen atoms in total. The van der Waals surface area contributed by atoms with Crippen molar-refractivity contribution in [2.45, 2.75) is 0 Å². The van der Waals surface area contributed by atoms with Gasteiger partial charge in [-0.05, 0) is 29.8 Å². The van der Waals surface area contributed by atoms with E-state index in [0.717, 1.165) is 11.1 Å². The maximum Gasteiger partial charge on any atom is 0.255 e. The summed E-state index contributed by atoms with van der Waals surface area (Å²) in [7, 11) is 0. The normalized spacial score (nSPS) is 10.3. The zero-order valence-corrected chi connectivity index (χ0v) is 11.1. The van der Waals surface area contributed by atoms with Gasteiger partial charge in [0.15, 0.2) is 0 Å². The summed E-state index contributed by atoms with van der Waals surface area (Å²) in [6.07, 6.45) is 3.52. The molecule has 0 aliphatic heterocycles. The lowest BCUT2D eigenvalue weighted by molar-refractivity contribution is 0.102. The number of aromatic hydroxyl groups is 1. The van der Waals surface area contributed by atoms with Crippen molar-refractivity contribution in [1.29, 1.82) is 0 Å². The summed E-state index contributed by atoms with van der Waals surface area (Å²) >= 11 is 0. The lowest BCUT2D eigenvalue weighted by atomic mass is 10.1. The molecule has 3 N–H and O–H groups in total. The molecule has 0 fully saturated rings. The van der Waals surface area contributed by atoms with Crippen LogP contribution in [0.1, 0.15) is 10.4 Å². The van der Waals surface area contributed by atoms with E-state index in [2.05, 4.69) is 15.5 Å². The number of H-pyrrole nitrogens is 1. The lowest BCUT2D eigenvalue weighted by Crippen LogP contribution is -2.11. The van der Waals surface area contributed by atoms with Crippen LogP contribution >= 0.6 is 0 Å². The molecule has 1 heterocycles. The van der Waals surface area contributed by atoms with Gasteiger partial charge in [0.1, 0.15) is 5.75 Å². The van der Waals surface area contributed by atoms with Gasteiger partial charge in [0, 0.05) is 29.1 Å². The fourth-order valence-corrected chi connectivity index (χ4v) is 2.01. The summed E-state index contributed by atoms with van der Waals surface area (Å²) in [6.45, 7) is 0. The van der Waals surface area contributed by atoms with Gasteiger partial charge in [0.2, 0.25) is 0 Å². The van der Waals surface area contributed by atoms with Crippen LogP contribution in [0.5, 0.6) is 5.75 Å². The maximum absolute atomic E-state index is 12.1. The average molecular weight is 279 g/mol. The summed E-state index contributed by atoms with van der Waals surface area (Å²) in [5.74, 6) is -0.109. The second-order valence-electron chi connectivity index (χ2n) is 4.57. The minimum Gasteiger partial charge on any atom is -0.508 e. The molecule has 0 atom stereocenters. The third-order valence-corrected chi connectivity index (χ3v) is 3.08. The Bertz CT molecular complexity index is 749. The highest BCUT2D eigenvalue weighted by Gasteiger charge is 2.07. The molecule has 0 saturated heterocycles. The van der Waals surface area contributed by atoms with Crippen molar-refractivity contribution in [3.63, 3.8) is 0 Å². The molecule has 0 spiro atoms. The topological polar surface area (TPSA) is 78.0 Å². The van der Waals surface area contributed by atoms with E-state index in [1.54, 1.807) is 42.7 Å². The summed E-state index contributed by atoms with van der Waals surface area (Å²) < 4.78 is 0. The number of hydrogen-bond acceptors (Lipinski definition) is 3. The van der Waals surface area contributed by atoms with Gasteiger partial charge < -0.3 is 10.4 Å². The van der Waals surface area contributed by atoms with Crippen LogP contribution in [0.15, 0.2) is 60.9 Å². The third kappa shape index (κ3) is 2.92. The summed E-state index contributed by atoms with van der Waals surface area (Å²) in [4.78, 5) is 12.1. The molecule has 1 aromatic heterocycles. The molecule has 0 aliphatic rings. The maximum atomic E-state index is 12.1. The Labute approximate surface area is 121 Å². The van der Waals surface area contributed by atoms with Crippen LogP contribution in [0, 0.1) is 0 Å². The van der Waals surface area contributed by atoms with Gasteiger partial charge in [-0.15, -0.1) is 0 Å². The van der Waals surface area contributed by atoms with E-state index in [1.165, 1.54) is 6.07 Å². The average Bonchev–Trinajstić information content (AvgIpc) is 3.01. The van der Waals surface area contributed by atoms with E-state index < -0.39 is 0 Å². The molecule has 1 amide bonds. The molecule has 104 valence electrons. The van der Waals surface area contributed by atoms with Gasteiger partial charge in [0.25, 0.3) is 5.91 Å². The number of aromatic nitrogens is 2. The quantitative estimate of drug-likeness (QED) is 0.689. The number of phenolic OH excluding ortho intramolecular Hbond substituents is 1. The van der Waals surface area contributed by atoms with Crippen molar-refractivity contribution >= 4 is 11.6 Å². The van der Waals surface area contributed by atoms with E-state index in [0.29, 0.717) is 11.3 Å². The second kappa shape index (κ2) is 5.50. The Morgan fingerprint density at radius 3 is 2.57 bits per heavy atom. The van der Waals surface area contributed by atoms with Gasteiger partial charge in [-0.1, -0.05) is 18.2 Å². The van der Waals surface area contributed by atoms with E-state index in [9.17, 15) is 9.90 Å². The summed E-state index contributed by atoms with van der Waals surface area (Å²) in [5, 5.41) is 18.8. The first-order valence-electron chi connectivity index (χ1n) is 6.42. The Morgan fingerprint density at radius 2 is 1.90 bits per heavy atom. The molecule has 2 aromatic carbocycles. The Balaban J connectivity index is 1.76. The predicted molar refractivity (Wildman–Crippen MR) is 80.1 cm³/mol. The molecule has 5 heteroatoms. The number of carbonyl (C=O) groups is 1. The van der Waals surface area contributed by atoms with Crippen LogP contribution in [0.2, 0.25) is 0 Å². The van der Waals surface area contributed by atoms with Crippen LogP contribution in [0.3, 0.4) is 0 Å². The smallest absolute Gasteiger partial charge is 0.255 e. The Morgan fingerprint density at radius 1 is 1.10 bits per heavy atom. The molecule has 3 aromatic rings. The minimum absolute atomic E-state index is 0.114. The van der Waals surface area contributed by atoms with Crippen molar-refractivity contribution in [3.05, 3.63) is 66.5 Å². The van der Waals surface area contributed by atoms with E-state index in [1.807, 2.05) is 12.1 Å². The first-order chi connectivity index (χ1) is 10.2. The highest BCUT2D eigenvalue weighted by Crippen LogP contribution is 2.19. The number of rotatable bonds is 3. The predicted octanol–water partition coefficient (Wildman–Crippen LogP) is 3.03. The fourth-order valence-electron chi connectivity index (χ4n) is 2.01. The number of benzene rings is 2. The molecule has 0 bridgehead atoms. The number of amides is 1. The van der Waals surface area contributed by atoms with Crippen molar-refractivity contribution < 1.29 is 9.90 Å². The van der Waals surface area contributed by atoms with Crippen molar-refractivity contribution in [2.24, 2.45) is 0 Å². The largest absolute Gasteiger partial charge is 0.508 e. The Hall–Kier alpha value is -3.08. The molecular formula is C16H13N3O2. The Kier molecular flexibility index (Phi) is 3.39.